The maximum atomic E-state index is 9.95. The third-order valence-electron chi connectivity index (χ3n) is 2.92. The highest BCUT2D eigenvalue weighted by molar-refractivity contribution is 5.34. The van der Waals surface area contributed by atoms with Crippen molar-refractivity contribution in [2.75, 3.05) is 0 Å². The number of carbonyl (C=O) groups excluding carboxylic acids is 2. The first-order valence-electron chi connectivity index (χ1n) is 4.42. The molecule has 0 aromatic rings. The molecule has 0 aliphatic heterocycles. The maximum absolute atomic E-state index is 9.95. The molecular weight excluding hydrogens is 168 g/mol. The molecule has 0 aromatic carbocycles. The molecule has 0 amide bonds. The Balaban J connectivity index is 0.000000251. The molecular formula is C9H12N2O2. The monoisotopic (exact) mass is 180 g/mol. The van der Waals surface area contributed by atoms with Crippen molar-refractivity contribution in [3.05, 3.63) is 0 Å². The van der Waals surface area contributed by atoms with Gasteiger partial charge in [0.1, 0.15) is 0 Å². The van der Waals surface area contributed by atoms with Crippen molar-refractivity contribution in [2.24, 2.45) is 16.8 Å². The number of hydrogen-bond acceptors (Lipinski definition) is 4. The van der Waals surface area contributed by atoms with Gasteiger partial charge in [0.15, 0.2) is 0 Å². The van der Waals surface area contributed by atoms with Crippen molar-refractivity contribution in [2.45, 2.75) is 31.7 Å². The second kappa shape index (κ2) is 4.70. The minimum Gasteiger partial charge on any atom is -0.222 e. The summed E-state index contributed by atoms with van der Waals surface area (Å²) in [5.74, 6) is 1.61. The molecule has 2 fully saturated rings. The lowest BCUT2D eigenvalue weighted by Crippen LogP contribution is -2.13. The van der Waals surface area contributed by atoms with Gasteiger partial charge in [-0.25, -0.2) is 20.0 Å². The lowest BCUT2D eigenvalue weighted by atomic mass is 9.96. The lowest BCUT2D eigenvalue weighted by molar-refractivity contribution is 0.417. The van der Waals surface area contributed by atoms with E-state index in [0.717, 1.165) is 24.3 Å². The van der Waals surface area contributed by atoms with Crippen LogP contribution in [0.2, 0.25) is 0 Å². The van der Waals surface area contributed by atoms with Crippen LogP contribution in [-0.4, -0.2) is 18.2 Å². The summed E-state index contributed by atoms with van der Waals surface area (Å²) in [5, 5.41) is 5.40. The maximum Gasteiger partial charge on any atom is 0.235 e. The topological polar surface area (TPSA) is 70.3 Å². The molecule has 3 atom stereocenters. The van der Waals surface area contributed by atoms with Crippen LogP contribution < -0.4 is 0 Å². The summed E-state index contributed by atoms with van der Waals surface area (Å²) in [6.07, 6.45) is 7.55. The average Bonchev–Trinajstić information content (AvgIpc) is 2.67. The molecule has 2 aliphatic rings. The van der Waals surface area contributed by atoms with Crippen molar-refractivity contribution in [1.82, 2.24) is 0 Å². The fourth-order valence-corrected chi connectivity index (χ4v) is 2.44. The standard InChI is InChI=1S/C8H11NO.CHNO/c10-5-9-8-4-6-1-2-7(8)3-6;2-1-3/h6-8H,1-4H2;2H. The molecule has 2 saturated carbocycles. The van der Waals surface area contributed by atoms with Crippen LogP contribution in [0.15, 0.2) is 4.99 Å². The molecule has 0 heterocycles. The smallest absolute Gasteiger partial charge is 0.222 e. The molecule has 0 aromatic heterocycles. The summed E-state index contributed by atoms with van der Waals surface area (Å²) in [5.41, 5.74) is 0. The van der Waals surface area contributed by atoms with E-state index in [9.17, 15) is 4.79 Å². The largest absolute Gasteiger partial charge is 0.235 e. The van der Waals surface area contributed by atoms with E-state index in [1.807, 2.05) is 0 Å². The summed E-state index contributed by atoms with van der Waals surface area (Å²) in [7, 11) is 0. The van der Waals surface area contributed by atoms with Gasteiger partial charge in [0, 0.05) is 0 Å². The third-order valence-corrected chi connectivity index (χ3v) is 2.92. The molecule has 0 saturated heterocycles. The van der Waals surface area contributed by atoms with E-state index in [1.165, 1.54) is 19.3 Å². The van der Waals surface area contributed by atoms with Crippen LogP contribution in [0, 0.1) is 17.2 Å². The van der Waals surface area contributed by atoms with Gasteiger partial charge in [-0.2, -0.15) is 0 Å². The Bertz CT molecular complexity index is 252. The van der Waals surface area contributed by atoms with E-state index < -0.39 is 0 Å². The van der Waals surface area contributed by atoms with Gasteiger partial charge in [-0.15, -0.1) is 0 Å². The predicted molar refractivity (Wildman–Crippen MR) is 45.8 cm³/mol. The predicted octanol–water partition coefficient (Wildman–Crippen LogP) is 1.41. The Labute approximate surface area is 76.6 Å². The first-order valence-corrected chi connectivity index (χ1v) is 4.42. The molecule has 2 bridgehead atoms. The van der Waals surface area contributed by atoms with E-state index >= 15 is 0 Å². The van der Waals surface area contributed by atoms with Crippen LogP contribution in [0.1, 0.15) is 25.7 Å². The van der Waals surface area contributed by atoms with Gasteiger partial charge in [0.05, 0.1) is 6.04 Å². The van der Waals surface area contributed by atoms with Crippen LogP contribution in [0.4, 0.5) is 0 Å². The van der Waals surface area contributed by atoms with E-state index in [2.05, 4.69) is 4.99 Å². The van der Waals surface area contributed by atoms with Crippen LogP contribution in [-0.2, 0) is 9.59 Å². The Morgan fingerprint density at radius 3 is 2.31 bits per heavy atom. The normalized spacial score (nSPS) is 34.0. The van der Waals surface area contributed by atoms with Crippen molar-refractivity contribution < 1.29 is 9.59 Å². The number of nitrogens with zero attached hydrogens (tertiary/aromatic N) is 1. The van der Waals surface area contributed by atoms with Gasteiger partial charge in [-0.1, -0.05) is 6.42 Å². The average molecular weight is 180 g/mol. The fraction of sp³-hybridized carbons (Fsp3) is 0.778. The van der Waals surface area contributed by atoms with Crippen LogP contribution in [0.5, 0.6) is 0 Å². The van der Waals surface area contributed by atoms with Crippen molar-refractivity contribution in [1.29, 1.82) is 5.41 Å². The zero-order valence-electron chi connectivity index (χ0n) is 7.32. The molecule has 4 heteroatoms. The number of hydrogen-bond donors (Lipinski definition) is 1. The first-order chi connectivity index (χ1) is 6.31. The summed E-state index contributed by atoms with van der Waals surface area (Å²) < 4.78 is 0. The minimum atomic E-state index is 0.344. The van der Waals surface area contributed by atoms with Gasteiger partial charge in [-0.05, 0) is 31.1 Å². The molecule has 0 spiro atoms. The van der Waals surface area contributed by atoms with E-state index in [0.29, 0.717) is 6.04 Å². The van der Waals surface area contributed by atoms with Gasteiger partial charge in [0.25, 0.3) is 0 Å². The zero-order chi connectivity index (χ0) is 9.68. The Kier molecular flexibility index (Phi) is 3.56. The lowest BCUT2D eigenvalue weighted by Gasteiger charge is -2.14. The molecule has 13 heavy (non-hydrogen) atoms. The molecule has 3 unspecified atom stereocenters. The van der Waals surface area contributed by atoms with Gasteiger partial charge in [0.2, 0.25) is 12.2 Å². The second-order valence-corrected chi connectivity index (χ2v) is 3.56. The van der Waals surface area contributed by atoms with Gasteiger partial charge in [-0.3, -0.25) is 0 Å². The van der Waals surface area contributed by atoms with E-state index in [1.54, 1.807) is 6.08 Å². The summed E-state index contributed by atoms with van der Waals surface area (Å²) in [6, 6.07) is 0.344. The molecule has 1 N–H and O–H groups in total. The summed E-state index contributed by atoms with van der Waals surface area (Å²) in [6.45, 7) is 0. The number of isocyanates is 2. The van der Waals surface area contributed by atoms with Crippen LogP contribution >= 0.6 is 0 Å². The third kappa shape index (κ3) is 2.35. The highest BCUT2D eigenvalue weighted by Gasteiger charge is 2.39. The van der Waals surface area contributed by atoms with Gasteiger partial charge < -0.3 is 0 Å². The summed E-state index contributed by atoms with van der Waals surface area (Å²) in [4.78, 5) is 22.1. The zero-order valence-corrected chi connectivity index (χ0v) is 7.32. The molecule has 2 aliphatic carbocycles. The molecule has 0 radical (unpaired) electrons. The Morgan fingerprint density at radius 2 is 1.92 bits per heavy atom. The number of rotatable bonds is 1. The first kappa shape index (κ1) is 9.85. The van der Waals surface area contributed by atoms with Crippen molar-refractivity contribution in [3.8, 4) is 0 Å². The number of aliphatic imine (C=N–C) groups is 1. The second-order valence-electron chi connectivity index (χ2n) is 3.56. The Hall–Kier alpha value is -1.24. The van der Waals surface area contributed by atoms with Crippen molar-refractivity contribution in [3.63, 3.8) is 0 Å². The quantitative estimate of drug-likeness (QED) is 0.489. The van der Waals surface area contributed by atoms with Crippen molar-refractivity contribution >= 4 is 12.2 Å². The van der Waals surface area contributed by atoms with E-state index in [4.69, 9.17) is 10.2 Å². The number of fused-ring (bicyclic) bond motifs is 2. The summed E-state index contributed by atoms with van der Waals surface area (Å²) >= 11 is 0. The number of nitrogens with one attached hydrogen (secondary N) is 1. The Morgan fingerprint density at radius 1 is 1.23 bits per heavy atom. The highest BCUT2D eigenvalue weighted by atomic mass is 16.1. The molecule has 70 valence electrons. The highest BCUT2D eigenvalue weighted by Crippen LogP contribution is 2.45. The fourth-order valence-electron chi connectivity index (χ4n) is 2.44. The molecule has 4 nitrogen and oxygen atoms in total. The molecule has 2 rings (SSSR count). The SMILES string of the molecule is N=C=O.O=C=NC1CC2CCC1C2. The van der Waals surface area contributed by atoms with Crippen LogP contribution in [0.25, 0.3) is 0 Å². The minimum absolute atomic E-state index is 0.344. The van der Waals surface area contributed by atoms with Gasteiger partial charge >= 0.3 is 0 Å². The van der Waals surface area contributed by atoms with E-state index in [-0.39, 0.29) is 0 Å². The van der Waals surface area contributed by atoms with Crippen LogP contribution in [0.3, 0.4) is 0 Å².